The molecule has 1 unspecified atom stereocenters. The van der Waals surface area contributed by atoms with Gasteiger partial charge < -0.3 is 4.52 Å². The Kier molecular flexibility index (Phi) is 2.76. The van der Waals surface area contributed by atoms with Gasteiger partial charge in [-0.25, -0.2) is 0 Å². The number of hydrogen-bond acceptors (Lipinski definition) is 5. The van der Waals surface area contributed by atoms with Gasteiger partial charge in [-0.3, -0.25) is 4.79 Å². The quantitative estimate of drug-likeness (QED) is 0.837. The molecular weight excluding hydrogens is 236 g/mol. The first-order valence-corrected chi connectivity index (χ1v) is 6.58. The summed E-state index contributed by atoms with van der Waals surface area (Å²) >= 11 is 1.67. The Morgan fingerprint density at radius 3 is 3.18 bits per heavy atom. The lowest BCUT2D eigenvalue weighted by Crippen LogP contribution is -2.04. The summed E-state index contributed by atoms with van der Waals surface area (Å²) in [7, 11) is 0. The molecule has 0 aliphatic heterocycles. The highest BCUT2D eigenvalue weighted by Gasteiger charge is 2.30. The zero-order chi connectivity index (χ0) is 11.7. The molecule has 1 aliphatic rings. The van der Waals surface area contributed by atoms with Crippen LogP contribution in [0.1, 0.15) is 41.8 Å². The molecule has 2 heterocycles. The number of nitrogens with zero attached hydrogens (tertiary/aromatic N) is 2. The van der Waals surface area contributed by atoms with Crippen molar-refractivity contribution in [1.82, 2.24) is 10.1 Å². The summed E-state index contributed by atoms with van der Waals surface area (Å²) in [5, 5.41) is 5.96. The number of rotatable bonds is 3. The second kappa shape index (κ2) is 4.41. The van der Waals surface area contributed by atoms with E-state index in [1.165, 1.54) is 4.88 Å². The lowest BCUT2D eigenvalue weighted by atomic mass is 10.1. The lowest BCUT2D eigenvalue weighted by Gasteiger charge is -1.98. The molecule has 0 N–H and O–H groups in total. The SMILES string of the molecule is O=C1CCCC1c1nc(Cc2cccs2)no1. The van der Waals surface area contributed by atoms with Crippen LogP contribution in [0.25, 0.3) is 0 Å². The van der Waals surface area contributed by atoms with Crippen molar-refractivity contribution in [3.8, 4) is 0 Å². The zero-order valence-electron chi connectivity index (χ0n) is 9.26. The van der Waals surface area contributed by atoms with Gasteiger partial charge in [-0.2, -0.15) is 4.98 Å². The highest BCUT2D eigenvalue weighted by molar-refractivity contribution is 7.09. The minimum Gasteiger partial charge on any atom is -0.339 e. The van der Waals surface area contributed by atoms with Crippen molar-refractivity contribution < 1.29 is 9.32 Å². The van der Waals surface area contributed by atoms with Gasteiger partial charge >= 0.3 is 0 Å². The largest absolute Gasteiger partial charge is 0.339 e. The molecule has 1 fully saturated rings. The van der Waals surface area contributed by atoms with Gasteiger partial charge in [0.1, 0.15) is 5.78 Å². The van der Waals surface area contributed by atoms with Crippen molar-refractivity contribution in [3.05, 3.63) is 34.1 Å². The zero-order valence-corrected chi connectivity index (χ0v) is 10.1. The summed E-state index contributed by atoms with van der Waals surface area (Å²) in [4.78, 5) is 17.1. The molecule has 3 rings (SSSR count). The maximum Gasteiger partial charge on any atom is 0.237 e. The van der Waals surface area contributed by atoms with Gasteiger partial charge in [-0.15, -0.1) is 11.3 Å². The van der Waals surface area contributed by atoms with Crippen molar-refractivity contribution in [1.29, 1.82) is 0 Å². The predicted octanol–water partition coefficient (Wildman–Crippen LogP) is 2.56. The molecule has 0 bridgehead atoms. The molecule has 0 radical (unpaired) electrons. The van der Waals surface area contributed by atoms with Crippen LogP contribution in [0.4, 0.5) is 0 Å². The Morgan fingerprint density at radius 2 is 2.47 bits per heavy atom. The number of carbonyl (C=O) groups excluding carboxylic acids is 1. The number of hydrogen-bond donors (Lipinski definition) is 0. The Balaban J connectivity index is 1.76. The number of carbonyl (C=O) groups is 1. The molecule has 1 atom stereocenters. The number of thiophene rings is 1. The van der Waals surface area contributed by atoms with Gasteiger partial charge in [-0.1, -0.05) is 11.2 Å². The molecule has 2 aromatic heterocycles. The smallest absolute Gasteiger partial charge is 0.237 e. The van der Waals surface area contributed by atoms with E-state index in [0.717, 1.165) is 12.8 Å². The highest BCUT2D eigenvalue weighted by atomic mass is 32.1. The van der Waals surface area contributed by atoms with E-state index in [2.05, 4.69) is 10.1 Å². The third-order valence-corrected chi connectivity index (χ3v) is 3.88. The lowest BCUT2D eigenvalue weighted by molar-refractivity contribution is -0.119. The Labute approximate surface area is 103 Å². The maximum atomic E-state index is 11.6. The summed E-state index contributed by atoms with van der Waals surface area (Å²) in [6.07, 6.45) is 3.11. The molecule has 4 nitrogen and oxygen atoms in total. The molecule has 0 saturated heterocycles. The van der Waals surface area contributed by atoms with Gasteiger partial charge in [0.15, 0.2) is 5.82 Å². The molecule has 0 spiro atoms. The van der Waals surface area contributed by atoms with Gasteiger partial charge in [0.2, 0.25) is 5.89 Å². The normalized spacial score (nSPS) is 20.0. The summed E-state index contributed by atoms with van der Waals surface area (Å²) in [5.74, 6) is 1.25. The Bertz CT molecular complexity index is 518. The van der Waals surface area contributed by atoms with Crippen molar-refractivity contribution in [2.45, 2.75) is 31.6 Å². The number of Topliss-reactive ketones (excluding diaryl/α,β-unsaturated/α-hetero) is 1. The minimum atomic E-state index is -0.153. The molecule has 0 aromatic carbocycles. The van der Waals surface area contributed by atoms with Crippen molar-refractivity contribution in [3.63, 3.8) is 0 Å². The van der Waals surface area contributed by atoms with Gasteiger partial charge in [0.05, 0.1) is 5.92 Å². The molecule has 1 saturated carbocycles. The molecule has 88 valence electrons. The van der Waals surface area contributed by atoms with Crippen LogP contribution in [0.15, 0.2) is 22.0 Å². The first-order valence-electron chi connectivity index (χ1n) is 5.70. The second-order valence-corrected chi connectivity index (χ2v) is 5.25. The van der Waals surface area contributed by atoms with Gasteiger partial charge in [-0.05, 0) is 24.3 Å². The summed E-state index contributed by atoms with van der Waals surface area (Å²) in [6, 6.07) is 4.04. The summed E-state index contributed by atoms with van der Waals surface area (Å²) in [6.45, 7) is 0. The second-order valence-electron chi connectivity index (χ2n) is 4.22. The van der Waals surface area contributed by atoms with Crippen LogP contribution in [0.3, 0.4) is 0 Å². The molecule has 0 amide bonds. The fourth-order valence-electron chi connectivity index (χ4n) is 2.13. The summed E-state index contributed by atoms with van der Waals surface area (Å²) in [5.41, 5.74) is 0. The highest BCUT2D eigenvalue weighted by Crippen LogP contribution is 2.30. The van der Waals surface area contributed by atoms with E-state index in [9.17, 15) is 4.79 Å². The fraction of sp³-hybridized carbons (Fsp3) is 0.417. The van der Waals surface area contributed by atoms with E-state index < -0.39 is 0 Å². The predicted molar refractivity (Wildman–Crippen MR) is 63.0 cm³/mol. The summed E-state index contributed by atoms with van der Waals surface area (Å²) < 4.78 is 5.19. The van der Waals surface area contributed by atoms with Crippen molar-refractivity contribution in [2.24, 2.45) is 0 Å². The average Bonchev–Trinajstić information content (AvgIpc) is 3.00. The van der Waals surface area contributed by atoms with Crippen LogP contribution in [-0.2, 0) is 11.2 Å². The first kappa shape index (κ1) is 10.7. The minimum absolute atomic E-state index is 0.153. The van der Waals surface area contributed by atoms with Crippen LogP contribution < -0.4 is 0 Å². The van der Waals surface area contributed by atoms with Crippen LogP contribution >= 0.6 is 11.3 Å². The van der Waals surface area contributed by atoms with Crippen molar-refractivity contribution >= 4 is 17.1 Å². The van der Waals surface area contributed by atoms with Crippen LogP contribution in [-0.4, -0.2) is 15.9 Å². The molecule has 5 heteroatoms. The number of ketones is 1. The van der Waals surface area contributed by atoms with Crippen LogP contribution in [0.2, 0.25) is 0 Å². The van der Waals surface area contributed by atoms with Crippen LogP contribution in [0.5, 0.6) is 0 Å². The topological polar surface area (TPSA) is 56.0 Å². The standard InChI is InChI=1S/C12H12N2O2S/c15-10-5-1-4-9(10)12-13-11(14-16-12)7-8-3-2-6-17-8/h2-3,6,9H,1,4-5,7H2. The van der Waals surface area contributed by atoms with E-state index in [0.29, 0.717) is 24.6 Å². The molecule has 17 heavy (non-hydrogen) atoms. The maximum absolute atomic E-state index is 11.6. The van der Waals surface area contributed by atoms with E-state index in [4.69, 9.17) is 4.52 Å². The van der Waals surface area contributed by atoms with E-state index in [-0.39, 0.29) is 11.7 Å². The fourth-order valence-corrected chi connectivity index (χ4v) is 2.83. The first-order chi connectivity index (χ1) is 8.33. The average molecular weight is 248 g/mol. The molecule has 1 aliphatic carbocycles. The van der Waals surface area contributed by atoms with Crippen LogP contribution in [0, 0.1) is 0 Å². The van der Waals surface area contributed by atoms with Crippen molar-refractivity contribution in [2.75, 3.05) is 0 Å². The van der Waals surface area contributed by atoms with Gasteiger partial charge in [0.25, 0.3) is 0 Å². The van der Waals surface area contributed by atoms with E-state index in [1.54, 1.807) is 11.3 Å². The third-order valence-electron chi connectivity index (χ3n) is 3.00. The van der Waals surface area contributed by atoms with E-state index in [1.807, 2.05) is 17.5 Å². The number of aromatic nitrogens is 2. The van der Waals surface area contributed by atoms with E-state index >= 15 is 0 Å². The van der Waals surface area contributed by atoms with Gasteiger partial charge in [0, 0.05) is 17.7 Å². The monoisotopic (exact) mass is 248 g/mol. The Morgan fingerprint density at radius 1 is 1.53 bits per heavy atom. The Hall–Kier alpha value is -1.49. The molecular formula is C12H12N2O2S. The molecule has 2 aromatic rings. The third kappa shape index (κ3) is 2.15.